The summed E-state index contributed by atoms with van der Waals surface area (Å²) in [5, 5.41) is 39.3. The van der Waals surface area contributed by atoms with Crippen molar-refractivity contribution in [2.75, 3.05) is 75.7 Å². The van der Waals surface area contributed by atoms with Crippen LogP contribution < -0.4 is 20.9 Å². The monoisotopic (exact) mass is 915 g/mol. The van der Waals surface area contributed by atoms with Crippen LogP contribution in [0.4, 0.5) is 11.5 Å². The quantitative estimate of drug-likeness (QED) is 0.168. The third-order valence-corrected chi connectivity index (χ3v) is 15.3. The smallest absolute Gasteiger partial charge is 0.246 e. The molecule has 5 N–H and O–H groups in total. The summed E-state index contributed by atoms with van der Waals surface area (Å²) in [5.41, 5.74) is 3.53. The molecule has 2 aliphatic carbocycles. The third-order valence-electron chi connectivity index (χ3n) is 15.3. The zero-order valence-corrected chi connectivity index (χ0v) is 39.1. The van der Waals surface area contributed by atoms with Crippen LogP contribution in [0.25, 0.3) is 11.3 Å². The summed E-state index contributed by atoms with van der Waals surface area (Å²) < 4.78 is 0. The van der Waals surface area contributed by atoms with Crippen LogP contribution in [0.5, 0.6) is 5.75 Å². The second-order valence-electron chi connectivity index (χ2n) is 21.0. The van der Waals surface area contributed by atoms with Crippen molar-refractivity contribution in [3.63, 3.8) is 0 Å². The number of terminal acetylenes is 1. The van der Waals surface area contributed by atoms with Crippen molar-refractivity contribution in [2.45, 2.75) is 103 Å². The van der Waals surface area contributed by atoms with Crippen molar-refractivity contribution in [2.24, 2.45) is 16.7 Å². The van der Waals surface area contributed by atoms with E-state index in [2.05, 4.69) is 46.8 Å². The molecular weight excluding hydrogens is 849 g/mol. The van der Waals surface area contributed by atoms with Crippen LogP contribution in [0.3, 0.4) is 0 Å². The number of anilines is 2. The molecule has 3 aromatic rings. The summed E-state index contributed by atoms with van der Waals surface area (Å²) in [7, 11) is 0. The molecule has 9 rings (SSSR count). The second-order valence-corrected chi connectivity index (χ2v) is 21.0. The highest BCUT2D eigenvalue weighted by Crippen LogP contribution is 2.60. The number of carbonyl (C=O) groups is 4. The van der Waals surface area contributed by atoms with Gasteiger partial charge < -0.3 is 40.9 Å². The van der Waals surface area contributed by atoms with Crippen molar-refractivity contribution in [3.8, 4) is 29.4 Å². The van der Waals surface area contributed by atoms with E-state index in [0.717, 1.165) is 107 Å². The Bertz CT molecular complexity index is 2360. The topological polar surface area (TPSA) is 187 Å². The minimum Gasteiger partial charge on any atom is -0.507 e. The lowest BCUT2D eigenvalue weighted by molar-refractivity contribution is -0.151. The van der Waals surface area contributed by atoms with Gasteiger partial charge in [0.2, 0.25) is 23.6 Å². The molecule has 2 aromatic carbocycles. The zero-order chi connectivity index (χ0) is 47.0. The number of aliphatic hydroxyl groups is 1. The van der Waals surface area contributed by atoms with Gasteiger partial charge in [0.25, 0.3) is 0 Å². The number of β-amino-alcohol motifs (C(OH)–C–C–N with tert-alkyl or cyclic N) is 1. The van der Waals surface area contributed by atoms with Crippen LogP contribution in [0.1, 0.15) is 76.8 Å². The fourth-order valence-electron chi connectivity index (χ4n) is 11.5. The Hall–Kier alpha value is -5.76. The predicted molar refractivity (Wildman–Crippen MR) is 254 cm³/mol. The van der Waals surface area contributed by atoms with Crippen molar-refractivity contribution in [3.05, 3.63) is 65.7 Å². The van der Waals surface area contributed by atoms with Gasteiger partial charge in [0, 0.05) is 114 Å². The van der Waals surface area contributed by atoms with Crippen LogP contribution in [0, 0.1) is 29.1 Å². The number of carbonyl (C=O) groups excluding carboxylic acids is 4. The van der Waals surface area contributed by atoms with Gasteiger partial charge in [0.05, 0.1) is 23.5 Å². The van der Waals surface area contributed by atoms with Gasteiger partial charge in [-0.15, -0.1) is 16.6 Å². The van der Waals surface area contributed by atoms with Gasteiger partial charge in [-0.25, -0.2) is 0 Å². The van der Waals surface area contributed by atoms with E-state index in [9.17, 15) is 29.4 Å². The minimum atomic E-state index is -0.796. The molecule has 356 valence electrons. The molecule has 0 unspecified atom stereocenters. The lowest BCUT2D eigenvalue weighted by atomic mass is 9.49. The number of likely N-dealkylation sites (tertiary alicyclic amines) is 1. The van der Waals surface area contributed by atoms with E-state index in [0.29, 0.717) is 36.7 Å². The number of aliphatic hydroxyl groups excluding tert-OH is 1. The Labute approximate surface area is 393 Å². The number of para-hydroxylation sites is 1. The van der Waals surface area contributed by atoms with Crippen molar-refractivity contribution in [1.29, 1.82) is 0 Å². The van der Waals surface area contributed by atoms with Gasteiger partial charge in [-0.2, -0.15) is 0 Å². The van der Waals surface area contributed by atoms with Crippen molar-refractivity contribution in [1.82, 2.24) is 40.4 Å². The first kappa shape index (κ1) is 46.4. The molecule has 16 heteroatoms. The van der Waals surface area contributed by atoms with Crippen molar-refractivity contribution < 1.29 is 29.4 Å². The number of nitrogens with one attached hydrogen (secondary N) is 3. The molecule has 5 heterocycles. The largest absolute Gasteiger partial charge is 0.507 e. The molecule has 67 heavy (non-hydrogen) atoms. The predicted octanol–water partition coefficient (Wildman–Crippen LogP) is 3.04. The SMILES string of the molecule is C#Cc1ccc(CNC(=O)C[C@@H]2C[C@@H](O)CN2C(=O)[C@@H](NC(=O)C2CC3(C2)CC(N2CCN(C(=O)CCN4CCN5c6cc(-c7ccccc7O)nnc6NC[C@H]5C4)CC2)C3)C(C)(C)C)cc1. The Kier molecular flexibility index (Phi) is 13.2. The van der Waals surface area contributed by atoms with E-state index in [1.54, 1.807) is 17.0 Å². The maximum Gasteiger partial charge on any atom is 0.246 e. The summed E-state index contributed by atoms with van der Waals surface area (Å²) in [6.45, 7) is 13.4. The molecular formula is C51H66N10O6. The fraction of sp³-hybridized carbons (Fsp3) is 0.569. The Morgan fingerprint density at radius 1 is 0.940 bits per heavy atom. The average Bonchev–Trinajstić information content (AvgIpc) is 3.67. The van der Waals surface area contributed by atoms with Gasteiger partial charge in [-0.3, -0.25) is 29.0 Å². The number of benzene rings is 2. The van der Waals surface area contributed by atoms with Gasteiger partial charge >= 0.3 is 0 Å². The lowest BCUT2D eigenvalue weighted by Crippen LogP contribution is -2.63. The van der Waals surface area contributed by atoms with E-state index in [1.807, 2.05) is 68.1 Å². The molecule has 16 nitrogen and oxygen atoms in total. The molecule has 5 fully saturated rings. The first-order chi connectivity index (χ1) is 32.1. The maximum atomic E-state index is 14.2. The van der Waals surface area contributed by atoms with Gasteiger partial charge in [0.15, 0.2) is 5.82 Å². The average molecular weight is 915 g/mol. The number of phenols is 1. The van der Waals surface area contributed by atoms with Crippen LogP contribution in [-0.2, 0) is 25.7 Å². The highest BCUT2D eigenvalue weighted by Gasteiger charge is 2.56. The van der Waals surface area contributed by atoms with Gasteiger partial charge in [-0.05, 0) is 78.8 Å². The number of hydrogen-bond acceptors (Lipinski definition) is 12. The molecule has 1 spiro atoms. The Balaban J connectivity index is 0.687. The third kappa shape index (κ3) is 10.1. The minimum absolute atomic E-state index is 0.0595. The van der Waals surface area contributed by atoms with Crippen LogP contribution in [-0.4, -0.2) is 159 Å². The van der Waals surface area contributed by atoms with Crippen LogP contribution >= 0.6 is 0 Å². The molecule has 1 aromatic heterocycles. The fourth-order valence-corrected chi connectivity index (χ4v) is 11.5. The van der Waals surface area contributed by atoms with E-state index < -0.39 is 23.6 Å². The molecule has 2 saturated carbocycles. The first-order valence-electron chi connectivity index (χ1n) is 24.2. The number of amides is 4. The molecule has 0 radical (unpaired) electrons. The summed E-state index contributed by atoms with van der Waals surface area (Å²) in [5.74, 6) is 2.99. The summed E-state index contributed by atoms with van der Waals surface area (Å²) in [6, 6.07) is 16.0. The number of aromatic nitrogens is 2. The van der Waals surface area contributed by atoms with E-state index in [-0.39, 0.29) is 59.7 Å². The highest BCUT2D eigenvalue weighted by molar-refractivity contribution is 5.90. The maximum absolute atomic E-state index is 14.2. The number of piperazine rings is 2. The number of fused-ring (bicyclic) bond motifs is 3. The molecule has 4 aliphatic heterocycles. The van der Waals surface area contributed by atoms with E-state index >= 15 is 0 Å². The summed E-state index contributed by atoms with van der Waals surface area (Å²) in [6.07, 6.45) is 9.28. The number of hydrogen-bond donors (Lipinski definition) is 5. The number of aromatic hydroxyl groups is 1. The first-order valence-corrected chi connectivity index (χ1v) is 24.2. The summed E-state index contributed by atoms with van der Waals surface area (Å²) >= 11 is 0. The molecule has 3 saturated heterocycles. The number of rotatable bonds is 12. The highest BCUT2D eigenvalue weighted by atomic mass is 16.3. The van der Waals surface area contributed by atoms with Crippen LogP contribution in [0.15, 0.2) is 54.6 Å². The number of nitrogens with zero attached hydrogens (tertiary/aromatic N) is 7. The number of phenolic OH excluding ortho intramolecular Hbond substituents is 1. The van der Waals surface area contributed by atoms with Gasteiger partial charge in [0.1, 0.15) is 11.8 Å². The van der Waals surface area contributed by atoms with E-state index in [4.69, 9.17) is 6.42 Å². The van der Waals surface area contributed by atoms with Gasteiger partial charge in [-0.1, -0.05) is 51.0 Å². The van der Waals surface area contributed by atoms with E-state index in [1.165, 1.54) is 0 Å². The molecule has 6 aliphatic rings. The molecule has 4 amide bonds. The molecule has 4 atom stereocenters. The van der Waals surface area contributed by atoms with Crippen LogP contribution in [0.2, 0.25) is 0 Å². The second kappa shape index (κ2) is 19.1. The zero-order valence-electron chi connectivity index (χ0n) is 39.1. The molecule has 0 bridgehead atoms. The van der Waals surface area contributed by atoms with Crippen molar-refractivity contribution >= 4 is 35.1 Å². The Morgan fingerprint density at radius 3 is 2.40 bits per heavy atom. The standard InChI is InChI=1S/C51H66N10O6/c1-5-33-10-12-34(13-11-33)29-52-44(64)23-36-22-39(62)32-61(36)49(67)46(50(2,3)4)54-48(66)35-25-51(26-35)27-37(28-51)58-17-19-59(20-18-58)45(65)14-15-57-16-21-60-38(31-57)30-53-47-42(60)24-41(55-56-47)40-8-6-7-9-43(40)63/h1,6-13,24,35-39,46,62-63H,14-23,25-32H2,2-4H3,(H,52,64)(H,53,56)(H,54,66)/t35?,36-,37?,38-,39+,46+,51?/m0/s1. The lowest BCUT2D eigenvalue weighted by Gasteiger charge is -2.60. The summed E-state index contributed by atoms with van der Waals surface area (Å²) in [4.78, 5) is 65.3. The Morgan fingerprint density at radius 2 is 1.69 bits per heavy atom. The normalized spacial score (nSPS) is 26.6.